The van der Waals surface area contributed by atoms with Gasteiger partial charge in [-0.2, -0.15) is 0 Å². The van der Waals surface area contributed by atoms with Gasteiger partial charge >= 0.3 is 0 Å². The molecule has 2 aromatic heterocycles. The summed E-state index contributed by atoms with van der Waals surface area (Å²) in [5.41, 5.74) is 2.83. The third-order valence-corrected chi connectivity index (χ3v) is 5.07. The summed E-state index contributed by atoms with van der Waals surface area (Å²) in [5, 5.41) is 6.64. The molecule has 0 aliphatic heterocycles. The first-order valence-corrected chi connectivity index (χ1v) is 9.32. The van der Waals surface area contributed by atoms with E-state index in [0.717, 1.165) is 16.9 Å². The molecular weight excluding hydrogens is 348 g/mol. The summed E-state index contributed by atoms with van der Waals surface area (Å²) in [6.45, 7) is 4.05. The number of nitrogens with one attached hydrogen (secondary N) is 1. The van der Waals surface area contributed by atoms with E-state index in [1.165, 1.54) is 16.9 Å². The Morgan fingerprint density at radius 3 is 2.54 bits per heavy atom. The number of thiophene rings is 1. The number of nitrogens with zero attached hydrogens (tertiary/aromatic N) is 1. The molecule has 1 N–H and O–H groups in total. The summed E-state index contributed by atoms with van der Waals surface area (Å²) in [4.78, 5) is 25.9. The van der Waals surface area contributed by atoms with Crippen molar-refractivity contribution in [3.8, 4) is 11.3 Å². The van der Waals surface area contributed by atoms with Crippen LogP contribution in [0.4, 0.5) is 5.88 Å². The van der Waals surface area contributed by atoms with E-state index in [9.17, 15) is 9.59 Å². The normalized spacial score (nSPS) is 10.7. The molecule has 1 aromatic carbocycles. The van der Waals surface area contributed by atoms with Crippen molar-refractivity contribution in [1.29, 1.82) is 0 Å². The van der Waals surface area contributed by atoms with Gasteiger partial charge in [0.1, 0.15) is 5.69 Å². The van der Waals surface area contributed by atoms with Crippen molar-refractivity contribution >= 4 is 28.9 Å². The first-order valence-electron chi connectivity index (χ1n) is 8.50. The Kier molecular flexibility index (Phi) is 5.63. The van der Waals surface area contributed by atoms with Crippen LogP contribution in [-0.4, -0.2) is 16.8 Å². The maximum Gasteiger partial charge on any atom is 0.231 e. The van der Waals surface area contributed by atoms with Gasteiger partial charge < -0.3 is 4.52 Å². The van der Waals surface area contributed by atoms with Crippen LogP contribution < -0.4 is 5.32 Å². The molecular formula is C20H20N2O3S. The fraction of sp³-hybridized carbons (Fsp3) is 0.250. The number of ketones is 1. The van der Waals surface area contributed by atoms with E-state index < -0.39 is 0 Å². The van der Waals surface area contributed by atoms with E-state index in [0.29, 0.717) is 10.6 Å². The predicted octanol–water partition coefficient (Wildman–Crippen LogP) is 4.88. The molecule has 6 heteroatoms. The molecule has 0 atom stereocenters. The lowest BCUT2D eigenvalue weighted by atomic mass is 10.1. The lowest BCUT2D eigenvalue weighted by Gasteiger charge is -2.00. The van der Waals surface area contributed by atoms with E-state index in [-0.39, 0.29) is 30.4 Å². The smallest absolute Gasteiger partial charge is 0.231 e. The Morgan fingerprint density at radius 2 is 1.88 bits per heavy atom. The van der Waals surface area contributed by atoms with Crippen LogP contribution in [0.2, 0.25) is 0 Å². The van der Waals surface area contributed by atoms with Crippen LogP contribution in [0.3, 0.4) is 0 Å². The number of hydrogen-bond acceptors (Lipinski definition) is 5. The standard InChI is InChI=1S/C20H20N2O3S/c1-3-14-5-7-15(8-6-14)16-12-20(25-22-16)21-19(24)11-9-17(23)18-10-4-13(2)26-18/h4-8,10,12H,3,9,11H2,1-2H3,(H,21,24). The number of benzene rings is 1. The number of Topliss-reactive ketones (excluding diaryl/α,β-unsaturated/α-hetero) is 1. The molecule has 26 heavy (non-hydrogen) atoms. The zero-order valence-corrected chi connectivity index (χ0v) is 15.6. The number of hydrogen-bond donors (Lipinski definition) is 1. The summed E-state index contributed by atoms with van der Waals surface area (Å²) in [6.07, 6.45) is 1.26. The van der Waals surface area contributed by atoms with E-state index >= 15 is 0 Å². The maximum absolute atomic E-state index is 12.1. The number of carbonyl (C=O) groups excluding carboxylic acids is 2. The fourth-order valence-electron chi connectivity index (χ4n) is 2.52. The summed E-state index contributed by atoms with van der Waals surface area (Å²) in [6, 6.07) is 13.4. The average molecular weight is 368 g/mol. The van der Waals surface area contributed by atoms with E-state index in [4.69, 9.17) is 4.52 Å². The van der Waals surface area contributed by atoms with Gasteiger partial charge in [-0.1, -0.05) is 36.3 Å². The molecule has 3 aromatic rings. The highest BCUT2D eigenvalue weighted by Gasteiger charge is 2.13. The van der Waals surface area contributed by atoms with E-state index in [2.05, 4.69) is 17.4 Å². The molecule has 0 fully saturated rings. The molecule has 0 unspecified atom stereocenters. The number of aromatic nitrogens is 1. The largest absolute Gasteiger partial charge is 0.338 e. The Hall–Kier alpha value is -2.73. The summed E-state index contributed by atoms with van der Waals surface area (Å²) < 4.78 is 5.18. The molecule has 2 heterocycles. The number of aryl methyl sites for hydroxylation is 2. The van der Waals surface area contributed by atoms with Crippen LogP contribution in [0.15, 0.2) is 47.0 Å². The van der Waals surface area contributed by atoms with Crippen LogP contribution in [-0.2, 0) is 11.2 Å². The summed E-state index contributed by atoms with van der Waals surface area (Å²) in [5.74, 6) is -0.00725. The van der Waals surface area contributed by atoms with Crippen LogP contribution in [0.1, 0.15) is 39.9 Å². The van der Waals surface area contributed by atoms with Crippen molar-refractivity contribution in [2.45, 2.75) is 33.1 Å². The Bertz CT molecular complexity index is 909. The quantitative estimate of drug-likeness (QED) is 0.604. The lowest BCUT2D eigenvalue weighted by Crippen LogP contribution is -2.12. The first kappa shape index (κ1) is 18.1. The molecule has 0 spiro atoms. The zero-order valence-electron chi connectivity index (χ0n) is 14.7. The number of carbonyl (C=O) groups is 2. The van der Waals surface area contributed by atoms with Crippen LogP contribution in [0.5, 0.6) is 0 Å². The van der Waals surface area contributed by atoms with E-state index in [1.807, 2.05) is 37.3 Å². The van der Waals surface area contributed by atoms with E-state index in [1.54, 1.807) is 12.1 Å². The van der Waals surface area contributed by atoms with Gasteiger partial charge in [0.2, 0.25) is 11.8 Å². The Labute approximate surface area is 156 Å². The first-order chi connectivity index (χ1) is 12.5. The van der Waals surface area contributed by atoms with Gasteiger partial charge in [-0.25, -0.2) is 0 Å². The molecule has 5 nitrogen and oxygen atoms in total. The van der Waals surface area contributed by atoms with Crippen LogP contribution in [0.25, 0.3) is 11.3 Å². The van der Waals surface area contributed by atoms with Crippen LogP contribution >= 0.6 is 11.3 Å². The fourth-order valence-corrected chi connectivity index (χ4v) is 3.35. The van der Waals surface area contributed by atoms with Gasteiger partial charge in [0, 0.05) is 29.3 Å². The van der Waals surface area contributed by atoms with Crippen molar-refractivity contribution in [3.05, 3.63) is 57.8 Å². The monoisotopic (exact) mass is 368 g/mol. The van der Waals surface area contributed by atoms with Gasteiger partial charge in [0.25, 0.3) is 0 Å². The lowest BCUT2D eigenvalue weighted by molar-refractivity contribution is -0.116. The van der Waals surface area contributed by atoms with Crippen molar-refractivity contribution in [1.82, 2.24) is 5.16 Å². The van der Waals surface area contributed by atoms with Crippen LogP contribution in [0, 0.1) is 6.92 Å². The summed E-state index contributed by atoms with van der Waals surface area (Å²) in [7, 11) is 0. The van der Waals surface area contributed by atoms with Crippen molar-refractivity contribution in [3.63, 3.8) is 0 Å². The van der Waals surface area contributed by atoms with Gasteiger partial charge in [0.15, 0.2) is 5.78 Å². The second-order valence-corrected chi connectivity index (χ2v) is 7.30. The number of rotatable bonds is 7. The number of anilines is 1. The maximum atomic E-state index is 12.1. The molecule has 3 rings (SSSR count). The second kappa shape index (κ2) is 8.10. The molecule has 0 radical (unpaired) electrons. The minimum absolute atomic E-state index is 0.0208. The van der Waals surface area contributed by atoms with Crippen molar-refractivity contribution in [2.24, 2.45) is 0 Å². The topological polar surface area (TPSA) is 72.2 Å². The SMILES string of the molecule is CCc1ccc(-c2cc(NC(=O)CCC(=O)c3ccc(C)s3)on2)cc1. The Morgan fingerprint density at radius 1 is 1.12 bits per heavy atom. The average Bonchev–Trinajstić information content (AvgIpc) is 3.29. The molecule has 1 amide bonds. The highest BCUT2D eigenvalue weighted by Crippen LogP contribution is 2.23. The highest BCUT2D eigenvalue weighted by molar-refractivity contribution is 7.14. The van der Waals surface area contributed by atoms with Gasteiger partial charge in [0.05, 0.1) is 4.88 Å². The Balaban J connectivity index is 1.54. The predicted molar refractivity (Wildman–Crippen MR) is 103 cm³/mol. The minimum atomic E-state index is -0.268. The minimum Gasteiger partial charge on any atom is -0.338 e. The third-order valence-electron chi connectivity index (χ3n) is 4.03. The third kappa shape index (κ3) is 4.46. The molecule has 0 saturated carbocycles. The molecule has 0 bridgehead atoms. The summed E-state index contributed by atoms with van der Waals surface area (Å²) >= 11 is 1.45. The zero-order chi connectivity index (χ0) is 18.5. The highest BCUT2D eigenvalue weighted by atomic mass is 32.1. The molecule has 0 saturated heterocycles. The van der Waals surface area contributed by atoms with Gasteiger partial charge in [-0.05, 0) is 31.0 Å². The van der Waals surface area contributed by atoms with Crippen molar-refractivity contribution < 1.29 is 14.1 Å². The molecule has 0 aliphatic carbocycles. The molecule has 0 aliphatic rings. The number of amides is 1. The second-order valence-electron chi connectivity index (χ2n) is 6.01. The van der Waals surface area contributed by atoms with Gasteiger partial charge in [-0.15, -0.1) is 11.3 Å². The van der Waals surface area contributed by atoms with Crippen molar-refractivity contribution in [2.75, 3.05) is 5.32 Å². The van der Waals surface area contributed by atoms with Gasteiger partial charge in [-0.3, -0.25) is 14.9 Å². The molecule has 134 valence electrons.